The summed E-state index contributed by atoms with van der Waals surface area (Å²) in [6.45, 7) is 3.69. The van der Waals surface area contributed by atoms with E-state index in [0.717, 1.165) is 32.1 Å². The highest BCUT2D eigenvalue weighted by atomic mass is 16.4. The molecule has 0 aromatic heterocycles. The van der Waals surface area contributed by atoms with E-state index in [1.165, 1.54) is 38.5 Å². The Bertz CT molecular complexity index is 306. The first-order chi connectivity index (χ1) is 11.5. The first-order valence-electron chi connectivity index (χ1n) is 10.1. The van der Waals surface area contributed by atoms with Crippen molar-refractivity contribution in [1.29, 1.82) is 0 Å². The van der Waals surface area contributed by atoms with Crippen LogP contribution in [0.15, 0.2) is 0 Å². The zero-order chi connectivity index (χ0) is 18.3. The highest BCUT2D eigenvalue weighted by molar-refractivity contribution is 5.87. The smallest absolute Gasteiger partial charge is 0.167 e. The summed E-state index contributed by atoms with van der Waals surface area (Å²) in [5, 5.41) is 29.6. The first-order valence-corrected chi connectivity index (χ1v) is 10.1. The summed E-state index contributed by atoms with van der Waals surface area (Å²) in [5.74, 6) is -0.317. The minimum atomic E-state index is -1.77. The highest BCUT2D eigenvalue weighted by Crippen LogP contribution is 2.24. The summed E-state index contributed by atoms with van der Waals surface area (Å²) in [6, 6.07) is 0. The topological polar surface area (TPSA) is 77.8 Å². The van der Waals surface area contributed by atoms with Gasteiger partial charge in [-0.1, -0.05) is 84.5 Å². The van der Waals surface area contributed by atoms with Gasteiger partial charge in [0.1, 0.15) is 6.10 Å². The van der Waals surface area contributed by atoms with Crippen molar-refractivity contribution >= 4 is 5.78 Å². The van der Waals surface area contributed by atoms with Gasteiger partial charge < -0.3 is 15.3 Å². The Balaban J connectivity index is 4.01. The molecule has 0 fully saturated rings. The van der Waals surface area contributed by atoms with Crippen molar-refractivity contribution in [1.82, 2.24) is 0 Å². The molecule has 0 radical (unpaired) electrons. The second-order valence-corrected chi connectivity index (χ2v) is 7.08. The minimum absolute atomic E-state index is 0.235. The lowest BCUT2D eigenvalue weighted by Gasteiger charge is -2.30. The predicted molar refractivity (Wildman–Crippen MR) is 99.0 cm³/mol. The molecule has 2 unspecified atom stereocenters. The van der Waals surface area contributed by atoms with Crippen LogP contribution in [0.3, 0.4) is 0 Å². The summed E-state index contributed by atoms with van der Waals surface area (Å²) in [7, 11) is 0. The number of aliphatic hydroxyl groups is 3. The van der Waals surface area contributed by atoms with Crippen LogP contribution in [0.1, 0.15) is 104 Å². The van der Waals surface area contributed by atoms with Crippen LogP contribution < -0.4 is 0 Å². The van der Waals surface area contributed by atoms with Gasteiger partial charge in [0.25, 0.3) is 0 Å². The third-order valence-corrected chi connectivity index (χ3v) is 4.88. The average Bonchev–Trinajstić information content (AvgIpc) is 2.59. The van der Waals surface area contributed by atoms with Gasteiger partial charge in [-0.2, -0.15) is 0 Å². The van der Waals surface area contributed by atoms with Crippen molar-refractivity contribution in [2.45, 2.75) is 115 Å². The van der Waals surface area contributed by atoms with Gasteiger partial charge in [-0.05, 0) is 12.8 Å². The van der Waals surface area contributed by atoms with Crippen LogP contribution in [-0.4, -0.2) is 39.4 Å². The van der Waals surface area contributed by atoms with Crippen LogP contribution in [0.25, 0.3) is 0 Å². The quantitative estimate of drug-likeness (QED) is 0.347. The molecule has 4 heteroatoms. The van der Waals surface area contributed by atoms with E-state index in [-0.39, 0.29) is 18.6 Å². The largest absolute Gasteiger partial charge is 0.394 e. The molecule has 2 atom stereocenters. The van der Waals surface area contributed by atoms with Gasteiger partial charge in [0.05, 0.1) is 6.61 Å². The molecule has 0 heterocycles. The highest BCUT2D eigenvalue weighted by Gasteiger charge is 2.41. The van der Waals surface area contributed by atoms with Crippen LogP contribution >= 0.6 is 0 Å². The van der Waals surface area contributed by atoms with Gasteiger partial charge in [-0.15, -0.1) is 0 Å². The maximum absolute atomic E-state index is 12.3. The number of unbranched alkanes of at least 4 members (excludes halogenated alkanes) is 10. The fraction of sp³-hybridized carbons (Fsp3) is 0.950. The second-order valence-electron chi connectivity index (χ2n) is 7.08. The van der Waals surface area contributed by atoms with Crippen LogP contribution in [0.4, 0.5) is 0 Å². The fourth-order valence-electron chi connectivity index (χ4n) is 3.10. The number of hydrogen-bond acceptors (Lipinski definition) is 4. The van der Waals surface area contributed by atoms with Crippen LogP contribution in [0.5, 0.6) is 0 Å². The zero-order valence-electron chi connectivity index (χ0n) is 15.9. The number of Topliss-reactive ketones (excluding diaryl/α,β-unsaturated/α-hetero) is 1. The van der Waals surface area contributed by atoms with Crippen LogP contribution in [-0.2, 0) is 4.79 Å². The molecular formula is C20H40O4. The van der Waals surface area contributed by atoms with E-state index < -0.39 is 18.3 Å². The number of rotatable bonds is 17. The standard InChI is InChI=1S/C20H40O4/c1-3-5-7-8-9-10-11-12-13-15-18(22)20(24,19(23)17-21)16-14-6-4-2/h19,21,23-24H,3-17H2,1-2H3. The summed E-state index contributed by atoms with van der Waals surface area (Å²) in [5.41, 5.74) is -1.77. The summed E-state index contributed by atoms with van der Waals surface area (Å²) in [6.07, 6.45) is 12.3. The molecule has 0 aliphatic rings. The Hall–Kier alpha value is -0.450. The number of aliphatic hydroxyl groups excluding tert-OH is 2. The maximum atomic E-state index is 12.3. The fourth-order valence-corrected chi connectivity index (χ4v) is 3.10. The zero-order valence-corrected chi connectivity index (χ0v) is 15.9. The molecule has 0 spiro atoms. The first kappa shape index (κ1) is 23.5. The Morgan fingerprint density at radius 2 is 1.29 bits per heavy atom. The number of carbonyl (C=O) groups excluding carboxylic acids is 1. The molecule has 144 valence electrons. The van der Waals surface area contributed by atoms with Crippen LogP contribution in [0, 0.1) is 0 Å². The number of ketones is 1. The van der Waals surface area contributed by atoms with E-state index in [1.54, 1.807) is 0 Å². The van der Waals surface area contributed by atoms with E-state index in [0.29, 0.717) is 6.42 Å². The van der Waals surface area contributed by atoms with Crippen molar-refractivity contribution < 1.29 is 20.1 Å². The average molecular weight is 345 g/mol. The Morgan fingerprint density at radius 1 is 0.833 bits per heavy atom. The maximum Gasteiger partial charge on any atom is 0.167 e. The summed E-state index contributed by atoms with van der Waals surface area (Å²) in [4.78, 5) is 12.3. The molecule has 0 rings (SSSR count). The van der Waals surface area contributed by atoms with Crippen molar-refractivity contribution in [3.63, 3.8) is 0 Å². The number of carbonyl (C=O) groups is 1. The Kier molecular flexibility index (Phi) is 14.6. The minimum Gasteiger partial charge on any atom is -0.394 e. The molecule has 3 N–H and O–H groups in total. The molecule has 4 nitrogen and oxygen atoms in total. The van der Waals surface area contributed by atoms with Crippen LogP contribution in [0.2, 0.25) is 0 Å². The van der Waals surface area contributed by atoms with Crippen molar-refractivity contribution in [3.8, 4) is 0 Å². The molecule has 0 aromatic carbocycles. The molecular weight excluding hydrogens is 304 g/mol. The summed E-state index contributed by atoms with van der Waals surface area (Å²) < 4.78 is 0. The van der Waals surface area contributed by atoms with Gasteiger partial charge in [0, 0.05) is 6.42 Å². The molecule has 0 bridgehead atoms. The van der Waals surface area contributed by atoms with Gasteiger partial charge in [0.2, 0.25) is 0 Å². The Morgan fingerprint density at radius 3 is 1.79 bits per heavy atom. The third kappa shape index (κ3) is 9.75. The molecule has 24 heavy (non-hydrogen) atoms. The molecule has 0 saturated heterocycles. The van der Waals surface area contributed by atoms with Crippen molar-refractivity contribution in [3.05, 3.63) is 0 Å². The van der Waals surface area contributed by atoms with Gasteiger partial charge in [0.15, 0.2) is 11.4 Å². The summed E-state index contributed by atoms with van der Waals surface area (Å²) >= 11 is 0. The SMILES string of the molecule is CCCCCCCCCCCC(=O)C(O)(CCCCC)C(O)CO. The Labute approximate surface area is 148 Å². The van der Waals surface area contributed by atoms with Gasteiger partial charge in [-0.3, -0.25) is 4.79 Å². The molecule has 0 aliphatic heterocycles. The second kappa shape index (κ2) is 14.9. The monoisotopic (exact) mass is 344 g/mol. The molecule has 0 aromatic rings. The van der Waals surface area contributed by atoms with Crippen molar-refractivity contribution in [2.24, 2.45) is 0 Å². The molecule has 0 saturated carbocycles. The van der Waals surface area contributed by atoms with E-state index in [1.807, 2.05) is 6.92 Å². The normalized spacial score (nSPS) is 15.2. The molecule has 0 amide bonds. The van der Waals surface area contributed by atoms with E-state index in [9.17, 15) is 15.0 Å². The molecule has 0 aliphatic carbocycles. The van der Waals surface area contributed by atoms with E-state index in [2.05, 4.69) is 6.92 Å². The van der Waals surface area contributed by atoms with Crippen molar-refractivity contribution in [2.75, 3.05) is 6.61 Å². The predicted octanol–water partition coefficient (Wildman–Crippen LogP) is 4.14. The van der Waals surface area contributed by atoms with Gasteiger partial charge in [-0.25, -0.2) is 0 Å². The number of hydrogen-bond donors (Lipinski definition) is 3. The third-order valence-electron chi connectivity index (χ3n) is 4.88. The van der Waals surface area contributed by atoms with E-state index in [4.69, 9.17) is 5.11 Å². The lowest BCUT2D eigenvalue weighted by atomic mass is 9.84. The van der Waals surface area contributed by atoms with Gasteiger partial charge >= 0.3 is 0 Å². The lowest BCUT2D eigenvalue weighted by molar-refractivity contribution is -0.156. The van der Waals surface area contributed by atoms with E-state index >= 15 is 0 Å². The lowest BCUT2D eigenvalue weighted by Crippen LogP contribution is -2.51.